The second kappa shape index (κ2) is 5.85. The first-order valence-corrected chi connectivity index (χ1v) is 9.72. The van der Waals surface area contributed by atoms with Crippen molar-refractivity contribution in [1.82, 2.24) is 15.3 Å². The van der Waals surface area contributed by atoms with Gasteiger partial charge in [0.2, 0.25) is 0 Å². The molecule has 2 aromatic rings. The fourth-order valence-electron chi connectivity index (χ4n) is 2.53. The Labute approximate surface area is 132 Å². The number of H-pyrrole nitrogens is 1. The number of rotatable bonds is 4. The zero-order valence-corrected chi connectivity index (χ0v) is 13.8. The van der Waals surface area contributed by atoms with Crippen LogP contribution in [0.3, 0.4) is 0 Å². The van der Waals surface area contributed by atoms with Crippen molar-refractivity contribution in [2.75, 3.05) is 18.1 Å². The molecule has 1 amide bonds. The van der Waals surface area contributed by atoms with Crippen molar-refractivity contribution in [2.24, 2.45) is 5.92 Å². The number of thiazole rings is 1. The molecule has 3 rings (SSSR count). The highest BCUT2D eigenvalue weighted by Crippen LogP contribution is 2.22. The fraction of sp³-hybridized carbons (Fsp3) is 0.429. The second-order valence-electron chi connectivity index (χ2n) is 5.53. The fourth-order valence-corrected chi connectivity index (χ4v) is 5.02. The van der Waals surface area contributed by atoms with Gasteiger partial charge in [-0.15, -0.1) is 11.3 Å². The van der Waals surface area contributed by atoms with Gasteiger partial charge in [0, 0.05) is 23.7 Å². The molecule has 1 aliphatic rings. The van der Waals surface area contributed by atoms with Crippen molar-refractivity contribution in [3.8, 4) is 11.3 Å². The van der Waals surface area contributed by atoms with Gasteiger partial charge < -0.3 is 10.3 Å². The van der Waals surface area contributed by atoms with E-state index in [0.29, 0.717) is 18.7 Å². The average Bonchev–Trinajstić information content (AvgIpc) is 3.15. The smallest absolute Gasteiger partial charge is 0.267 e. The summed E-state index contributed by atoms with van der Waals surface area (Å²) in [6.45, 7) is 2.33. The van der Waals surface area contributed by atoms with Crippen LogP contribution in [0.5, 0.6) is 0 Å². The molecule has 1 saturated heterocycles. The number of nitrogens with one attached hydrogen (secondary N) is 2. The van der Waals surface area contributed by atoms with Crippen LogP contribution in [0.15, 0.2) is 17.6 Å². The van der Waals surface area contributed by atoms with Crippen LogP contribution in [-0.4, -0.2) is 42.3 Å². The number of amides is 1. The van der Waals surface area contributed by atoms with Crippen molar-refractivity contribution >= 4 is 27.1 Å². The van der Waals surface area contributed by atoms with E-state index in [1.54, 1.807) is 23.6 Å². The number of hydrogen-bond acceptors (Lipinski definition) is 5. The van der Waals surface area contributed by atoms with E-state index in [0.717, 1.165) is 16.3 Å². The maximum absolute atomic E-state index is 12.1. The van der Waals surface area contributed by atoms with Crippen molar-refractivity contribution in [3.05, 3.63) is 28.3 Å². The number of aromatic nitrogens is 2. The highest BCUT2D eigenvalue weighted by atomic mass is 32.2. The summed E-state index contributed by atoms with van der Waals surface area (Å²) >= 11 is 1.56. The van der Waals surface area contributed by atoms with E-state index in [1.807, 2.05) is 12.3 Å². The topological polar surface area (TPSA) is 91.9 Å². The number of aryl methyl sites for hydroxylation is 1. The van der Waals surface area contributed by atoms with Crippen LogP contribution in [0.4, 0.5) is 0 Å². The van der Waals surface area contributed by atoms with Gasteiger partial charge in [-0.2, -0.15) is 0 Å². The van der Waals surface area contributed by atoms with E-state index in [9.17, 15) is 13.2 Å². The predicted octanol–water partition coefficient (Wildman–Crippen LogP) is 1.61. The van der Waals surface area contributed by atoms with Crippen LogP contribution in [0.25, 0.3) is 11.3 Å². The maximum atomic E-state index is 12.1. The highest BCUT2D eigenvalue weighted by Gasteiger charge is 2.28. The minimum absolute atomic E-state index is 0.0181. The molecule has 8 heteroatoms. The van der Waals surface area contributed by atoms with Gasteiger partial charge in [-0.3, -0.25) is 4.79 Å². The van der Waals surface area contributed by atoms with Gasteiger partial charge in [-0.1, -0.05) is 0 Å². The quantitative estimate of drug-likeness (QED) is 0.885. The van der Waals surface area contributed by atoms with Gasteiger partial charge in [0.1, 0.15) is 5.69 Å². The first kappa shape index (κ1) is 15.2. The minimum atomic E-state index is -2.90. The molecule has 1 aliphatic heterocycles. The van der Waals surface area contributed by atoms with Crippen LogP contribution in [0.2, 0.25) is 0 Å². The van der Waals surface area contributed by atoms with Gasteiger partial charge in [0.15, 0.2) is 9.84 Å². The molecule has 0 radical (unpaired) electrons. The third-order valence-corrected chi connectivity index (χ3v) is 6.33. The lowest BCUT2D eigenvalue weighted by molar-refractivity contribution is 0.0944. The third-order valence-electron chi connectivity index (χ3n) is 3.72. The molecule has 0 spiro atoms. The summed E-state index contributed by atoms with van der Waals surface area (Å²) in [6.07, 6.45) is 2.38. The molecule has 0 unspecified atom stereocenters. The van der Waals surface area contributed by atoms with Crippen molar-refractivity contribution < 1.29 is 13.2 Å². The molecule has 0 aromatic carbocycles. The van der Waals surface area contributed by atoms with Crippen LogP contribution < -0.4 is 5.32 Å². The molecule has 6 nitrogen and oxygen atoms in total. The number of sulfone groups is 1. The summed E-state index contributed by atoms with van der Waals surface area (Å²) < 4.78 is 22.8. The Morgan fingerprint density at radius 2 is 2.36 bits per heavy atom. The molecule has 1 fully saturated rings. The SMILES string of the molecule is Cc1nc(-c2c[nH]c(C(=O)NC[C@@H]3CCS(=O)(=O)C3)c2)cs1. The number of carbonyl (C=O) groups is 1. The lowest BCUT2D eigenvalue weighted by atomic mass is 10.1. The van der Waals surface area contributed by atoms with Crippen molar-refractivity contribution in [2.45, 2.75) is 13.3 Å². The Kier molecular flexibility index (Phi) is 4.05. The van der Waals surface area contributed by atoms with E-state index in [4.69, 9.17) is 0 Å². The lowest BCUT2D eigenvalue weighted by Crippen LogP contribution is -2.30. The summed E-state index contributed by atoms with van der Waals surface area (Å²) in [5.41, 5.74) is 2.18. The Bertz CT molecular complexity index is 792. The van der Waals surface area contributed by atoms with Crippen LogP contribution >= 0.6 is 11.3 Å². The maximum Gasteiger partial charge on any atom is 0.267 e. The Morgan fingerprint density at radius 3 is 3.00 bits per heavy atom. The highest BCUT2D eigenvalue weighted by molar-refractivity contribution is 7.91. The largest absolute Gasteiger partial charge is 0.357 e. The Balaban J connectivity index is 1.60. The van der Waals surface area contributed by atoms with Gasteiger partial charge in [0.05, 0.1) is 22.2 Å². The monoisotopic (exact) mass is 339 g/mol. The van der Waals surface area contributed by atoms with E-state index >= 15 is 0 Å². The molecule has 1 atom stereocenters. The van der Waals surface area contributed by atoms with Gasteiger partial charge in [-0.25, -0.2) is 13.4 Å². The molecule has 0 aliphatic carbocycles. The average molecular weight is 339 g/mol. The molecular formula is C14H17N3O3S2. The number of aromatic amines is 1. The Morgan fingerprint density at radius 1 is 1.55 bits per heavy atom. The molecule has 0 bridgehead atoms. The minimum Gasteiger partial charge on any atom is -0.357 e. The summed E-state index contributed by atoms with van der Waals surface area (Å²) in [5, 5.41) is 5.72. The summed E-state index contributed by atoms with van der Waals surface area (Å²) in [5.74, 6) is 0.192. The second-order valence-corrected chi connectivity index (χ2v) is 8.82. The van der Waals surface area contributed by atoms with Gasteiger partial charge >= 0.3 is 0 Å². The molecule has 0 saturated carbocycles. The van der Waals surface area contributed by atoms with E-state index in [1.165, 1.54) is 0 Å². The van der Waals surface area contributed by atoms with E-state index < -0.39 is 9.84 Å². The van der Waals surface area contributed by atoms with Gasteiger partial charge in [-0.05, 0) is 25.3 Å². The number of hydrogen-bond donors (Lipinski definition) is 2. The molecule has 2 aromatic heterocycles. The third kappa shape index (κ3) is 3.38. The normalized spacial score (nSPS) is 20.1. The molecule has 118 valence electrons. The first-order valence-electron chi connectivity index (χ1n) is 7.02. The van der Waals surface area contributed by atoms with Crippen molar-refractivity contribution in [3.63, 3.8) is 0 Å². The predicted molar refractivity (Wildman–Crippen MR) is 85.7 cm³/mol. The molecule has 3 heterocycles. The molecule has 22 heavy (non-hydrogen) atoms. The van der Waals surface area contributed by atoms with Crippen molar-refractivity contribution in [1.29, 1.82) is 0 Å². The Hall–Kier alpha value is -1.67. The summed E-state index contributed by atoms with van der Waals surface area (Å²) in [7, 11) is -2.90. The van der Waals surface area contributed by atoms with Crippen LogP contribution in [-0.2, 0) is 9.84 Å². The van der Waals surface area contributed by atoms with E-state index in [2.05, 4.69) is 15.3 Å². The number of nitrogens with zero attached hydrogens (tertiary/aromatic N) is 1. The molecule has 2 N–H and O–H groups in total. The first-order chi connectivity index (χ1) is 10.4. The summed E-state index contributed by atoms with van der Waals surface area (Å²) in [4.78, 5) is 19.4. The molecular weight excluding hydrogens is 322 g/mol. The van der Waals surface area contributed by atoms with Gasteiger partial charge in [0.25, 0.3) is 5.91 Å². The zero-order valence-electron chi connectivity index (χ0n) is 12.1. The number of carbonyl (C=O) groups excluding carboxylic acids is 1. The van der Waals surface area contributed by atoms with Crippen LogP contribution in [0.1, 0.15) is 21.9 Å². The van der Waals surface area contributed by atoms with E-state index in [-0.39, 0.29) is 23.3 Å². The summed E-state index contributed by atoms with van der Waals surface area (Å²) in [6, 6.07) is 1.76. The standard InChI is InChI=1S/C14H17N3O3S2/c1-9-17-13(7-21-9)11-4-12(15-6-11)14(18)16-5-10-2-3-22(19,20)8-10/h4,6-7,10,15H,2-3,5,8H2,1H3,(H,16,18)/t10-/m0/s1. The van der Waals surface area contributed by atoms with Crippen LogP contribution in [0, 0.1) is 12.8 Å². The zero-order chi connectivity index (χ0) is 15.7. The lowest BCUT2D eigenvalue weighted by Gasteiger charge is -2.08.